The van der Waals surface area contributed by atoms with Crippen molar-refractivity contribution >= 4 is 11.4 Å². The molecule has 1 rings (SSSR count). The molecule has 0 spiro atoms. The summed E-state index contributed by atoms with van der Waals surface area (Å²) in [4.78, 5) is 2.97. The number of hydrogen-bond acceptors (Lipinski definition) is 6. The van der Waals surface area contributed by atoms with Gasteiger partial charge in [0.15, 0.2) is 0 Å². The molecule has 1 aromatic rings. The molecule has 1 N–H and O–H groups in total. The number of aromatic nitrogens is 2. The minimum absolute atomic E-state index is 0.679. The molecule has 1 aromatic heterocycles. The van der Waals surface area contributed by atoms with Gasteiger partial charge in [0.05, 0.1) is 31.2 Å². The number of ether oxygens (including phenoxy) is 2. The normalized spacial score (nSPS) is 11.7. The van der Waals surface area contributed by atoms with E-state index in [0.717, 1.165) is 19.8 Å². The van der Waals surface area contributed by atoms with Gasteiger partial charge in [-0.25, -0.2) is 8.78 Å². The van der Waals surface area contributed by atoms with Crippen molar-refractivity contribution in [1.29, 1.82) is 0 Å². The van der Waals surface area contributed by atoms with Crippen LogP contribution in [-0.4, -0.2) is 40.2 Å². The third kappa shape index (κ3) is 11.6. The van der Waals surface area contributed by atoms with Crippen molar-refractivity contribution in [2.75, 3.05) is 26.4 Å². The number of nitrogens with zero attached hydrogens (tertiary/aromatic N) is 1. The maximum Gasteiger partial charge on any atom is 0.241 e. The molecule has 0 radical (unpaired) electrons. The Hall–Kier alpha value is -0.840. The minimum atomic E-state index is -2.88. The zero-order valence-electron chi connectivity index (χ0n) is 10.1. The van der Waals surface area contributed by atoms with E-state index in [0.29, 0.717) is 13.2 Å². The van der Waals surface area contributed by atoms with Crippen molar-refractivity contribution in [3.63, 3.8) is 0 Å². The monoisotopic (exact) mass is 281 g/mol. The third-order valence-electron chi connectivity index (χ3n) is 1.73. The van der Waals surface area contributed by atoms with Gasteiger partial charge in [-0.1, -0.05) is 0 Å². The molecule has 18 heavy (non-hydrogen) atoms. The zero-order valence-corrected chi connectivity index (χ0v) is 10.9. The number of imidazole rings is 1. The number of rotatable bonds is 8. The lowest BCUT2D eigenvalue weighted by Crippen LogP contribution is -2.33. The van der Waals surface area contributed by atoms with Crippen molar-refractivity contribution in [3.8, 4) is 0 Å². The topological polar surface area (TPSA) is 111 Å². The summed E-state index contributed by atoms with van der Waals surface area (Å²) in [5.41, 5.74) is 0. The van der Waals surface area contributed by atoms with Crippen molar-refractivity contribution in [2.45, 2.75) is 13.5 Å². The number of H-pyrrole nitrogens is 1. The van der Waals surface area contributed by atoms with E-state index in [1.165, 1.54) is 0 Å². The van der Waals surface area contributed by atoms with E-state index < -0.39 is 11.4 Å². The maximum atomic E-state index is 8.83. The highest BCUT2D eigenvalue weighted by atomic mass is 32.2. The highest BCUT2D eigenvalue weighted by Gasteiger charge is 1.95. The molecule has 1 unspecified atom stereocenters. The van der Waals surface area contributed by atoms with Crippen LogP contribution in [0.15, 0.2) is 18.7 Å². The molecule has 0 aliphatic carbocycles. The molecule has 1 atom stereocenters. The first kappa shape index (κ1) is 17.2. The van der Waals surface area contributed by atoms with Crippen molar-refractivity contribution in [1.82, 2.24) is 4.98 Å². The Kier molecular flexibility index (Phi) is 12.0. The van der Waals surface area contributed by atoms with Gasteiger partial charge in [-0.2, -0.15) is 0 Å². The summed E-state index contributed by atoms with van der Waals surface area (Å²) in [5.74, 6) is 0. The molecule has 9 heteroatoms. The second-order valence-corrected chi connectivity index (χ2v) is 3.48. The van der Waals surface area contributed by atoms with E-state index in [9.17, 15) is 0 Å². The van der Waals surface area contributed by atoms with Crippen LogP contribution >= 0.6 is 0 Å². The molecule has 106 valence electrons. The van der Waals surface area contributed by atoms with E-state index in [1.807, 2.05) is 30.2 Å². The first-order valence-corrected chi connectivity index (χ1v) is 6.27. The SMILES string of the molecule is CCOCCOCC[n+]1cc[nH]c1.O=S([O-])O[O-]. The first-order chi connectivity index (χ1) is 8.70. The van der Waals surface area contributed by atoms with Gasteiger partial charge in [0.1, 0.15) is 18.9 Å². The summed E-state index contributed by atoms with van der Waals surface area (Å²) in [6.45, 7) is 5.73. The van der Waals surface area contributed by atoms with Gasteiger partial charge in [-0.05, 0) is 6.92 Å². The largest absolute Gasteiger partial charge is 0.750 e. The fourth-order valence-electron chi connectivity index (χ4n) is 0.994. The van der Waals surface area contributed by atoms with Gasteiger partial charge >= 0.3 is 0 Å². The predicted octanol–water partition coefficient (Wildman–Crippen LogP) is -1.57. The molecule has 0 aromatic carbocycles. The fourth-order valence-corrected chi connectivity index (χ4v) is 0.994. The van der Waals surface area contributed by atoms with Gasteiger partial charge < -0.3 is 23.6 Å². The molecule has 0 fully saturated rings. The van der Waals surface area contributed by atoms with Gasteiger partial charge in [0.2, 0.25) is 6.33 Å². The molecule has 0 aliphatic rings. The van der Waals surface area contributed by atoms with Crippen molar-refractivity contribution in [2.24, 2.45) is 0 Å². The molecule has 1 heterocycles. The van der Waals surface area contributed by atoms with E-state index in [4.69, 9.17) is 23.5 Å². The smallest absolute Gasteiger partial charge is 0.241 e. The van der Waals surface area contributed by atoms with Crippen molar-refractivity contribution in [3.05, 3.63) is 18.7 Å². The maximum absolute atomic E-state index is 8.83. The van der Waals surface area contributed by atoms with Crippen LogP contribution < -0.4 is 9.82 Å². The van der Waals surface area contributed by atoms with E-state index in [1.54, 1.807) is 0 Å². The molecule has 0 aliphatic heterocycles. The van der Waals surface area contributed by atoms with Crippen LogP contribution in [0.25, 0.3) is 0 Å². The Morgan fingerprint density at radius 3 is 2.50 bits per heavy atom. The standard InChI is InChI=1S/C9H16N2O2.H2O4S/c1-2-12-7-8-13-6-5-11-4-3-10-9-11;1-4-5(2)3/h3-4,9H,2,5-8H2,1H3;1H,(H,2,3)/p-1. The van der Waals surface area contributed by atoms with Crippen LogP contribution in [-0.2, 0) is 31.7 Å². The van der Waals surface area contributed by atoms with E-state index >= 15 is 0 Å². The molecule has 0 amide bonds. The predicted molar refractivity (Wildman–Crippen MR) is 58.3 cm³/mol. The Morgan fingerprint density at radius 2 is 2.00 bits per heavy atom. The summed E-state index contributed by atoms with van der Waals surface area (Å²) in [5, 5.41) is 8.52. The lowest BCUT2D eigenvalue weighted by Gasteiger charge is -2.05. The van der Waals surface area contributed by atoms with Gasteiger partial charge in [0, 0.05) is 6.61 Å². The average Bonchev–Trinajstić information content (AvgIpc) is 2.87. The summed E-state index contributed by atoms with van der Waals surface area (Å²) >= 11 is -2.88. The number of nitrogens with one attached hydrogen (secondary N) is 1. The molecule has 0 saturated carbocycles. The Labute approximate surface area is 108 Å². The molecule has 8 nitrogen and oxygen atoms in total. The second kappa shape index (κ2) is 12.6. The Bertz CT molecular complexity index is 295. The summed E-state index contributed by atoms with van der Waals surface area (Å²) in [7, 11) is 0. The van der Waals surface area contributed by atoms with Crippen LogP contribution in [0.5, 0.6) is 0 Å². The molecular formula is C9H17N2O6S-. The van der Waals surface area contributed by atoms with Crippen LogP contribution in [0.3, 0.4) is 0 Å². The van der Waals surface area contributed by atoms with E-state index in [-0.39, 0.29) is 0 Å². The molecular weight excluding hydrogens is 264 g/mol. The van der Waals surface area contributed by atoms with Crippen LogP contribution in [0, 0.1) is 0 Å². The fraction of sp³-hybridized carbons (Fsp3) is 0.667. The average molecular weight is 281 g/mol. The second-order valence-electron chi connectivity index (χ2n) is 2.93. The van der Waals surface area contributed by atoms with Crippen LogP contribution in [0.4, 0.5) is 0 Å². The van der Waals surface area contributed by atoms with E-state index in [2.05, 4.69) is 9.32 Å². The Morgan fingerprint density at radius 1 is 1.33 bits per heavy atom. The van der Waals surface area contributed by atoms with Crippen LogP contribution in [0.2, 0.25) is 0 Å². The van der Waals surface area contributed by atoms with Gasteiger partial charge in [0.25, 0.3) is 0 Å². The lowest BCUT2D eigenvalue weighted by molar-refractivity contribution is -0.697. The lowest BCUT2D eigenvalue weighted by atomic mass is 10.6. The highest BCUT2D eigenvalue weighted by Crippen LogP contribution is 1.78. The quantitative estimate of drug-likeness (QED) is 0.202. The number of aromatic amines is 1. The summed E-state index contributed by atoms with van der Waals surface area (Å²) in [6, 6.07) is 0. The number of hydrogen-bond donors (Lipinski definition) is 1. The highest BCUT2D eigenvalue weighted by molar-refractivity contribution is 7.73. The molecule has 0 saturated heterocycles. The summed E-state index contributed by atoms with van der Waals surface area (Å²) in [6.07, 6.45) is 5.78. The minimum Gasteiger partial charge on any atom is -0.750 e. The Balaban J connectivity index is 0.000000494. The molecule has 0 bridgehead atoms. The third-order valence-corrected chi connectivity index (χ3v) is 1.84. The first-order valence-electron chi connectivity index (χ1n) is 5.27. The van der Waals surface area contributed by atoms with Gasteiger partial charge in [-0.3, -0.25) is 4.98 Å². The van der Waals surface area contributed by atoms with Gasteiger partial charge in [-0.15, -0.1) is 0 Å². The zero-order chi connectivity index (χ0) is 13.6. The van der Waals surface area contributed by atoms with Crippen LogP contribution in [0.1, 0.15) is 6.92 Å². The van der Waals surface area contributed by atoms with Crippen molar-refractivity contribution < 1.29 is 32.4 Å². The summed E-state index contributed by atoms with van der Waals surface area (Å²) < 4.78 is 32.6.